The van der Waals surface area contributed by atoms with Crippen molar-refractivity contribution in [1.82, 2.24) is 9.78 Å². The Bertz CT molecular complexity index is 804. The van der Waals surface area contributed by atoms with Crippen LogP contribution in [0.1, 0.15) is 0 Å². The van der Waals surface area contributed by atoms with Crippen LogP contribution in [0.2, 0.25) is 0 Å². The molecular formula is C16H15BrN2O3. The molecule has 0 aliphatic heterocycles. The number of rotatable bonds is 4. The second-order valence-electron chi connectivity index (χ2n) is 4.64. The Morgan fingerprint density at radius 2 is 1.64 bits per heavy atom. The summed E-state index contributed by atoms with van der Waals surface area (Å²) in [7, 11) is 4.78. The molecule has 0 spiro atoms. The number of halogens is 1. The lowest BCUT2D eigenvalue weighted by Gasteiger charge is -2.14. The van der Waals surface area contributed by atoms with Crippen LogP contribution in [0.4, 0.5) is 0 Å². The summed E-state index contributed by atoms with van der Waals surface area (Å²) in [5.41, 5.74) is 1.83. The molecule has 0 radical (unpaired) electrons. The van der Waals surface area contributed by atoms with Crippen molar-refractivity contribution in [3.05, 3.63) is 41.0 Å². The molecule has 6 heteroatoms. The zero-order valence-corrected chi connectivity index (χ0v) is 14.0. The Labute approximate surface area is 136 Å². The summed E-state index contributed by atoms with van der Waals surface area (Å²) < 4.78 is 19.0. The molecule has 22 heavy (non-hydrogen) atoms. The van der Waals surface area contributed by atoms with Crippen LogP contribution in [-0.4, -0.2) is 31.1 Å². The number of hydrogen-bond acceptors (Lipinski definition) is 4. The van der Waals surface area contributed by atoms with Gasteiger partial charge in [0.15, 0.2) is 11.5 Å². The van der Waals surface area contributed by atoms with Gasteiger partial charge in [-0.3, -0.25) is 0 Å². The summed E-state index contributed by atoms with van der Waals surface area (Å²) in [6, 6.07) is 9.76. The molecule has 1 heterocycles. The van der Waals surface area contributed by atoms with Crippen LogP contribution in [-0.2, 0) is 0 Å². The van der Waals surface area contributed by atoms with E-state index in [9.17, 15) is 0 Å². The Hall–Kier alpha value is -2.21. The lowest BCUT2D eigenvalue weighted by atomic mass is 10.2. The Morgan fingerprint density at radius 3 is 2.23 bits per heavy atom. The summed E-state index contributed by atoms with van der Waals surface area (Å²) >= 11 is 3.49. The fourth-order valence-electron chi connectivity index (χ4n) is 2.39. The first-order valence-electron chi connectivity index (χ1n) is 6.61. The molecule has 0 fully saturated rings. The fourth-order valence-corrected chi connectivity index (χ4v) is 2.74. The van der Waals surface area contributed by atoms with Crippen LogP contribution in [0.3, 0.4) is 0 Å². The summed E-state index contributed by atoms with van der Waals surface area (Å²) in [5, 5.41) is 5.51. The molecule has 114 valence electrons. The van der Waals surface area contributed by atoms with Gasteiger partial charge in [-0.1, -0.05) is 22.0 Å². The molecule has 5 nitrogen and oxygen atoms in total. The lowest BCUT2D eigenvalue weighted by molar-refractivity contribution is 0.324. The number of aromatic nitrogens is 2. The summed E-state index contributed by atoms with van der Waals surface area (Å²) in [6.45, 7) is 0. The van der Waals surface area contributed by atoms with Crippen LogP contribution in [0, 0.1) is 0 Å². The van der Waals surface area contributed by atoms with Crippen molar-refractivity contribution in [3.63, 3.8) is 0 Å². The van der Waals surface area contributed by atoms with E-state index in [-0.39, 0.29) is 0 Å². The zero-order chi connectivity index (χ0) is 15.7. The number of fused-ring (bicyclic) bond motifs is 1. The standard InChI is InChI=1S/C16H15BrN2O3/c1-20-14-7-12(8-15(21-2)16(14)22-3)19-13-6-11(17)5-4-10(13)9-18-19/h4-9H,1-3H3. The third kappa shape index (κ3) is 2.39. The normalized spacial score (nSPS) is 10.7. The summed E-state index contributed by atoms with van der Waals surface area (Å²) in [6.07, 6.45) is 1.82. The van der Waals surface area contributed by atoms with Crippen molar-refractivity contribution in [2.75, 3.05) is 21.3 Å². The molecule has 0 saturated heterocycles. The Balaban J connectivity index is 2.24. The van der Waals surface area contributed by atoms with Crippen molar-refractivity contribution in [2.24, 2.45) is 0 Å². The van der Waals surface area contributed by atoms with Crippen LogP contribution in [0.15, 0.2) is 41.0 Å². The van der Waals surface area contributed by atoms with Crippen LogP contribution >= 0.6 is 15.9 Å². The first-order valence-corrected chi connectivity index (χ1v) is 7.41. The number of ether oxygens (including phenoxy) is 3. The maximum Gasteiger partial charge on any atom is 0.203 e. The molecule has 0 amide bonds. The first kappa shape index (κ1) is 14.7. The minimum atomic E-state index is 0.561. The molecule has 0 bridgehead atoms. The molecule has 1 aromatic heterocycles. The molecule has 3 aromatic rings. The smallest absolute Gasteiger partial charge is 0.203 e. The van der Waals surface area contributed by atoms with Gasteiger partial charge in [-0.05, 0) is 12.1 Å². The molecule has 0 saturated carbocycles. The first-order chi connectivity index (χ1) is 10.7. The van der Waals surface area contributed by atoms with Crippen molar-refractivity contribution in [3.8, 4) is 22.9 Å². The predicted octanol–water partition coefficient (Wildman–Crippen LogP) is 3.81. The van der Waals surface area contributed by atoms with Crippen molar-refractivity contribution in [1.29, 1.82) is 0 Å². The molecule has 0 atom stereocenters. The monoisotopic (exact) mass is 362 g/mol. The molecule has 0 aliphatic rings. The van der Waals surface area contributed by atoms with E-state index >= 15 is 0 Å². The van der Waals surface area contributed by atoms with E-state index < -0.39 is 0 Å². The van der Waals surface area contributed by atoms with Gasteiger partial charge in [-0.2, -0.15) is 5.10 Å². The third-order valence-electron chi connectivity index (χ3n) is 3.43. The fraction of sp³-hybridized carbons (Fsp3) is 0.188. The highest BCUT2D eigenvalue weighted by molar-refractivity contribution is 9.10. The van der Waals surface area contributed by atoms with E-state index in [0.29, 0.717) is 17.2 Å². The van der Waals surface area contributed by atoms with Gasteiger partial charge in [-0.25, -0.2) is 4.68 Å². The van der Waals surface area contributed by atoms with Gasteiger partial charge in [0.05, 0.1) is 38.7 Å². The molecule has 0 unspecified atom stereocenters. The quantitative estimate of drug-likeness (QED) is 0.707. The number of benzene rings is 2. The van der Waals surface area contributed by atoms with E-state index in [4.69, 9.17) is 14.2 Å². The van der Waals surface area contributed by atoms with Gasteiger partial charge in [0.1, 0.15) is 0 Å². The molecule has 3 rings (SSSR count). The van der Waals surface area contributed by atoms with E-state index in [1.165, 1.54) is 0 Å². The van der Waals surface area contributed by atoms with Gasteiger partial charge in [-0.15, -0.1) is 0 Å². The third-order valence-corrected chi connectivity index (χ3v) is 3.92. The highest BCUT2D eigenvalue weighted by Crippen LogP contribution is 2.39. The van der Waals surface area contributed by atoms with E-state index in [2.05, 4.69) is 21.0 Å². The maximum absolute atomic E-state index is 5.40. The molecular weight excluding hydrogens is 348 g/mol. The number of hydrogen-bond donors (Lipinski definition) is 0. The van der Waals surface area contributed by atoms with Gasteiger partial charge in [0.2, 0.25) is 5.75 Å². The largest absolute Gasteiger partial charge is 0.493 e. The van der Waals surface area contributed by atoms with E-state index in [1.807, 2.05) is 41.2 Å². The Kier molecular flexibility index (Phi) is 3.94. The van der Waals surface area contributed by atoms with E-state index in [1.54, 1.807) is 21.3 Å². The molecule has 0 aliphatic carbocycles. The average molecular weight is 363 g/mol. The zero-order valence-electron chi connectivity index (χ0n) is 12.5. The van der Waals surface area contributed by atoms with E-state index in [0.717, 1.165) is 21.1 Å². The maximum atomic E-state index is 5.40. The van der Waals surface area contributed by atoms with Crippen molar-refractivity contribution < 1.29 is 14.2 Å². The minimum absolute atomic E-state index is 0.561. The van der Waals surface area contributed by atoms with Gasteiger partial charge in [0, 0.05) is 22.0 Å². The predicted molar refractivity (Wildman–Crippen MR) is 88.4 cm³/mol. The minimum Gasteiger partial charge on any atom is -0.493 e. The van der Waals surface area contributed by atoms with Gasteiger partial charge < -0.3 is 14.2 Å². The summed E-state index contributed by atoms with van der Waals surface area (Å²) in [4.78, 5) is 0. The van der Waals surface area contributed by atoms with Crippen molar-refractivity contribution >= 4 is 26.8 Å². The second kappa shape index (κ2) is 5.88. The highest BCUT2D eigenvalue weighted by atomic mass is 79.9. The SMILES string of the molecule is COc1cc(-n2ncc3ccc(Br)cc32)cc(OC)c1OC. The van der Waals surface area contributed by atoms with Gasteiger partial charge in [0.25, 0.3) is 0 Å². The number of nitrogens with zero attached hydrogens (tertiary/aromatic N) is 2. The topological polar surface area (TPSA) is 45.5 Å². The Morgan fingerprint density at radius 1 is 0.955 bits per heavy atom. The molecule has 0 N–H and O–H groups in total. The number of methoxy groups -OCH3 is 3. The van der Waals surface area contributed by atoms with Crippen LogP contribution < -0.4 is 14.2 Å². The average Bonchev–Trinajstić information content (AvgIpc) is 2.96. The van der Waals surface area contributed by atoms with Crippen LogP contribution in [0.5, 0.6) is 17.2 Å². The van der Waals surface area contributed by atoms with Crippen molar-refractivity contribution in [2.45, 2.75) is 0 Å². The lowest BCUT2D eigenvalue weighted by Crippen LogP contribution is -2.00. The van der Waals surface area contributed by atoms with Crippen LogP contribution in [0.25, 0.3) is 16.6 Å². The van der Waals surface area contributed by atoms with Gasteiger partial charge >= 0.3 is 0 Å². The summed E-state index contributed by atoms with van der Waals surface area (Å²) in [5.74, 6) is 1.75. The second-order valence-corrected chi connectivity index (χ2v) is 5.56. The highest BCUT2D eigenvalue weighted by Gasteiger charge is 2.15. The molecule has 2 aromatic carbocycles.